The van der Waals surface area contributed by atoms with Gasteiger partial charge in [0.2, 0.25) is 0 Å². The molecule has 11 heteroatoms. The van der Waals surface area contributed by atoms with E-state index in [4.69, 9.17) is 25.8 Å². The van der Waals surface area contributed by atoms with Gasteiger partial charge in [-0.15, -0.1) is 0 Å². The number of aliphatic carboxylic acids is 1. The lowest BCUT2D eigenvalue weighted by molar-refractivity contribution is -0.192. The molecule has 1 heterocycles. The Hall–Kier alpha value is -5.58. The summed E-state index contributed by atoms with van der Waals surface area (Å²) in [6.45, 7) is 2.90. The summed E-state index contributed by atoms with van der Waals surface area (Å²) >= 11 is 0. The van der Waals surface area contributed by atoms with Crippen molar-refractivity contribution in [1.82, 2.24) is 9.88 Å². The number of alkyl halides is 3. The third kappa shape index (κ3) is 8.73. The number of carbonyl (C=O) groups is 2. The van der Waals surface area contributed by atoms with Gasteiger partial charge in [-0.3, -0.25) is 10.2 Å². The normalized spacial score (nSPS) is 11.6. The van der Waals surface area contributed by atoms with Crippen molar-refractivity contribution in [2.24, 2.45) is 5.73 Å². The topological polar surface area (TPSA) is 130 Å². The smallest absolute Gasteiger partial charge is 0.489 e. The number of carboxylic acid groups (broad SMARTS) is 1. The van der Waals surface area contributed by atoms with Gasteiger partial charge in [-0.1, -0.05) is 78.9 Å². The second-order valence-electron chi connectivity index (χ2n) is 10.1. The minimum atomic E-state index is -5.08. The Bertz CT molecular complexity index is 1790. The van der Waals surface area contributed by atoms with Crippen LogP contribution in [-0.4, -0.2) is 33.6 Å². The van der Waals surface area contributed by atoms with Crippen molar-refractivity contribution < 1.29 is 32.6 Å². The average molecular weight is 617 g/mol. The molecule has 0 aliphatic heterocycles. The number of nitrogens with zero attached hydrogens (tertiary/aromatic N) is 1. The number of fused-ring (bicyclic) bond motifs is 1. The van der Waals surface area contributed by atoms with Crippen molar-refractivity contribution in [2.45, 2.75) is 32.3 Å². The number of nitrogen functional groups attached to an aromatic ring is 1. The second-order valence-corrected chi connectivity index (χ2v) is 10.1. The maximum Gasteiger partial charge on any atom is 0.490 e. The highest BCUT2D eigenvalue weighted by molar-refractivity contribution is 5.99. The van der Waals surface area contributed by atoms with E-state index in [-0.39, 0.29) is 17.8 Å². The van der Waals surface area contributed by atoms with Crippen molar-refractivity contribution in [3.05, 3.63) is 137 Å². The molecule has 4 aromatic carbocycles. The van der Waals surface area contributed by atoms with Gasteiger partial charge in [0.1, 0.15) is 23.9 Å². The van der Waals surface area contributed by atoms with Gasteiger partial charge in [-0.05, 0) is 53.9 Å². The van der Waals surface area contributed by atoms with Crippen LogP contribution in [0.1, 0.15) is 45.7 Å². The Morgan fingerprint density at radius 3 is 2.16 bits per heavy atom. The summed E-state index contributed by atoms with van der Waals surface area (Å²) < 4.78 is 39.8. The molecule has 0 saturated heterocycles. The third-order valence-electron chi connectivity index (χ3n) is 6.82. The van der Waals surface area contributed by atoms with Crippen LogP contribution in [0.3, 0.4) is 0 Å². The largest absolute Gasteiger partial charge is 0.490 e. The highest BCUT2D eigenvalue weighted by Gasteiger charge is 2.38. The van der Waals surface area contributed by atoms with Crippen molar-refractivity contribution in [3.63, 3.8) is 0 Å². The Morgan fingerprint density at radius 2 is 1.53 bits per heavy atom. The Morgan fingerprint density at radius 1 is 0.911 bits per heavy atom. The summed E-state index contributed by atoms with van der Waals surface area (Å²) in [5.74, 6) is -2.17. The first kappa shape index (κ1) is 32.3. The summed E-state index contributed by atoms with van der Waals surface area (Å²) in [4.78, 5) is 22.5. The fourth-order valence-corrected chi connectivity index (χ4v) is 4.55. The molecule has 45 heavy (non-hydrogen) atoms. The van der Waals surface area contributed by atoms with Gasteiger partial charge in [-0.2, -0.15) is 13.2 Å². The van der Waals surface area contributed by atoms with E-state index in [1.807, 2.05) is 121 Å². The molecule has 0 spiro atoms. The quantitative estimate of drug-likeness (QED) is 0.108. The number of aromatic nitrogens is 1. The molecule has 0 unspecified atom stereocenters. The Kier molecular flexibility index (Phi) is 10.2. The van der Waals surface area contributed by atoms with Crippen LogP contribution in [0.2, 0.25) is 0 Å². The number of amidine groups is 1. The molecular formula is C34H31F3N4O4. The lowest BCUT2D eigenvalue weighted by atomic mass is 10.1. The van der Waals surface area contributed by atoms with Gasteiger partial charge < -0.3 is 25.5 Å². The molecule has 5 N–H and O–H groups in total. The fourth-order valence-electron chi connectivity index (χ4n) is 4.55. The number of benzene rings is 4. The lowest BCUT2D eigenvalue weighted by Gasteiger charge is -2.16. The lowest BCUT2D eigenvalue weighted by Crippen LogP contribution is -2.28. The van der Waals surface area contributed by atoms with Crippen LogP contribution < -0.4 is 15.8 Å². The predicted octanol–water partition coefficient (Wildman–Crippen LogP) is 6.68. The van der Waals surface area contributed by atoms with Crippen molar-refractivity contribution in [3.8, 4) is 5.75 Å². The van der Waals surface area contributed by atoms with Gasteiger partial charge in [0, 0.05) is 23.0 Å². The summed E-state index contributed by atoms with van der Waals surface area (Å²) in [5, 5.41) is 19.0. The van der Waals surface area contributed by atoms with E-state index >= 15 is 0 Å². The van der Waals surface area contributed by atoms with Gasteiger partial charge >= 0.3 is 12.1 Å². The molecule has 1 atom stereocenters. The third-order valence-corrected chi connectivity index (χ3v) is 6.82. The predicted molar refractivity (Wildman–Crippen MR) is 165 cm³/mol. The number of carboxylic acids is 1. The first-order chi connectivity index (χ1) is 21.4. The van der Waals surface area contributed by atoms with Crippen molar-refractivity contribution in [1.29, 1.82) is 5.41 Å². The van der Waals surface area contributed by atoms with E-state index in [1.54, 1.807) is 0 Å². The first-order valence-corrected chi connectivity index (χ1v) is 13.8. The zero-order valence-corrected chi connectivity index (χ0v) is 24.2. The highest BCUT2D eigenvalue weighted by Crippen LogP contribution is 2.27. The van der Waals surface area contributed by atoms with Crippen molar-refractivity contribution in [2.75, 3.05) is 0 Å². The maximum absolute atomic E-state index is 13.6. The average Bonchev–Trinajstić information content (AvgIpc) is 3.38. The van der Waals surface area contributed by atoms with Crippen LogP contribution in [0.5, 0.6) is 5.75 Å². The van der Waals surface area contributed by atoms with E-state index in [1.165, 1.54) is 0 Å². The molecule has 5 aromatic rings. The monoisotopic (exact) mass is 616 g/mol. The van der Waals surface area contributed by atoms with E-state index in [0.717, 1.165) is 33.3 Å². The van der Waals surface area contributed by atoms with Crippen LogP contribution in [0.25, 0.3) is 10.9 Å². The highest BCUT2D eigenvalue weighted by atomic mass is 19.4. The minimum absolute atomic E-state index is 0.0130. The zero-order chi connectivity index (χ0) is 32.6. The number of carbonyl (C=O) groups excluding carboxylic acids is 1. The molecule has 0 radical (unpaired) electrons. The molecule has 1 amide bonds. The van der Waals surface area contributed by atoms with Crippen LogP contribution >= 0.6 is 0 Å². The van der Waals surface area contributed by atoms with Gasteiger partial charge in [0.15, 0.2) is 0 Å². The number of ether oxygens (including phenoxy) is 1. The number of amides is 1. The van der Waals surface area contributed by atoms with E-state index < -0.39 is 12.1 Å². The van der Waals surface area contributed by atoms with Crippen LogP contribution in [0.4, 0.5) is 13.2 Å². The number of halogens is 3. The standard InChI is InChI=1S/C32H30N4O2.C2HF3O2/c1-22(25-12-6-3-7-13-25)35-32(37)30-19-27-18-28(38-21-23-9-4-2-5-10-23)15-16-29(27)36(30)20-24-11-8-14-26(17-24)31(33)34;3-2(4,5)1(6)7/h2-19,22H,20-21H2,1H3,(H3,33,34)(H,35,37);(H,6,7)/t22-;/m0./s1. The SMILES string of the molecule is C[C@H](NC(=O)c1cc2cc(OCc3ccccc3)ccc2n1Cc1cccc(C(=N)N)c1)c1ccccc1.O=C(O)C(F)(F)F. The molecule has 0 fully saturated rings. The first-order valence-electron chi connectivity index (χ1n) is 13.8. The molecule has 8 nitrogen and oxygen atoms in total. The molecule has 1 aromatic heterocycles. The van der Waals surface area contributed by atoms with Crippen LogP contribution in [-0.2, 0) is 17.9 Å². The van der Waals surface area contributed by atoms with Gasteiger partial charge in [-0.25, -0.2) is 4.79 Å². The molecule has 0 bridgehead atoms. The van der Waals surface area contributed by atoms with Crippen molar-refractivity contribution >= 4 is 28.6 Å². The van der Waals surface area contributed by atoms with E-state index in [9.17, 15) is 18.0 Å². The van der Waals surface area contributed by atoms with Crippen LogP contribution in [0.15, 0.2) is 109 Å². The summed E-state index contributed by atoms with van der Waals surface area (Å²) in [7, 11) is 0. The number of nitrogens with one attached hydrogen (secondary N) is 2. The van der Waals surface area contributed by atoms with E-state index in [2.05, 4.69) is 5.32 Å². The summed E-state index contributed by atoms with van der Waals surface area (Å²) in [5.41, 5.74) is 10.9. The maximum atomic E-state index is 13.6. The van der Waals surface area contributed by atoms with Gasteiger partial charge in [0.05, 0.1) is 6.04 Å². The minimum Gasteiger partial charge on any atom is -0.489 e. The fraction of sp³-hybridized carbons (Fsp3) is 0.147. The molecule has 0 aliphatic carbocycles. The summed E-state index contributed by atoms with van der Waals surface area (Å²) in [6.07, 6.45) is -5.08. The zero-order valence-electron chi connectivity index (χ0n) is 24.2. The Labute approximate surface area is 257 Å². The molecule has 5 rings (SSSR count). The Balaban J connectivity index is 0.000000591. The summed E-state index contributed by atoms with van der Waals surface area (Å²) in [6, 6.07) is 35.1. The van der Waals surface area contributed by atoms with Crippen LogP contribution in [0, 0.1) is 5.41 Å². The van der Waals surface area contributed by atoms with Gasteiger partial charge in [0.25, 0.3) is 5.91 Å². The number of hydrogen-bond acceptors (Lipinski definition) is 4. The molecular weight excluding hydrogens is 585 g/mol. The molecule has 0 aliphatic rings. The number of hydrogen-bond donors (Lipinski definition) is 4. The molecule has 232 valence electrons. The number of rotatable bonds is 9. The second kappa shape index (κ2) is 14.3. The molecule has 0 saturated carbocycles. The number of nitrogens with two attached hydrogens (primary N) is 1. The van der Waals surface area contributed by atoms with E-state index in [0.29, 0.717) is 24.4 Å².